The molecule has 0 fully saturated rings. The molecule has 0 aromatic carbocycles. The third-order valence-electron chi connectivity index (χ3n) is 3.54. The van der Waals surface area contributed by atoms with Crippen LogP contribution in [0.3, 0.4) is 0 Å². The van der Waals surface area contributed by atoms with Crippen LogP contribution in [0.25, 0.3) is 5.52 Å². The molecule has 0 atom stereocenters. The molecule has 0 saturated heterocycles. The molecule has 0 unspecified atom stereocenters. The Labute approximate surface area is 122 Å². The normalized spacial score (nSPS) is 11.1. The first-order chi connectivity index (χ1) is 10.2. The van der Waals surface area contributed by atoms with E-state index in [-0.39, 0.29) is 5.78 Å². The fourth-order valence-electron chi connectivity index (χ4n) is 2.41. The maximum atomic E-state index is 12.5. The van der Waals surface area contributed by atoms with Gasteiger partial charge in [0.15, 0.2) is 5.78 Å². The monoisotopic (exact) mass is 283 g/mol. The van der Waals surface area contributed by atoms with E-state index < -0.39 is 0 Å². The van der Waals surface area contributed by atoms with Crippen molar-refractivity contribution in [1.82, 2.24) is 24.4 Å². The number of fused-ring (bicyclic) bond motifs is 1. The van der Waals surface area contributed by atoms with Gasteiger partial charge in [0, 0.05) is 24.6 Å². The van der Waals surface area contributed by atoms with Crippen molar-refractivity contribution in [3.8, 4) is 0 Å². The lowest BCUT2D eigenvalue weighted by atomic mass is 10.1. The molecule has 0 N–H and O–H groups in total. The molecule has 3 heterocycles. The van der Waals surface area contributed by atoms with E-state index in [4.69, 9.17) is 0 Å². The van der Waals surface area contributed by atoms with Gasteiger partial charge in [-0.2, -0.15) is 10.2 Å². The van der Waals surface area contributed by atoms with Gasteiger partial charge in [-0.05, 0) is 19.4 Å². The van der Waals surface area contributed by atoms with Crippen LogP contribution in [0.4, 0.5) is 0 Å². The zero-order valence-electron chi connectivity index (χ0n) is 12.2. The van der Waals surface area contributed by atoms with E-state index in [1.54, 1.807) is 29.3 Å². The molecule has 6 nitrogen and oxygen atoms in total. The molecule has 0 aliphatic carbocycles. The molecule has 3 aromatic heterocycles. The Morgan fingerprint density at radius 2 is 2.14 bits per heavy atom. The Balaban J connectivity index is 1.91. The van der Waals surface area contributed by atoms with Gasteiger partial charge >= 0.3 is 0 Å². The molecular formula is C15H17N5O. The molecule has 0 saturated carbocycles. The zero-order valence-corrected chi connectivity index (χ0v) is 12.2. The van der Waals surface area contributed by atoms with Gasteiger partial charge in [-0.25, -0.2) is 4.52 Å². The van der Waals surface area contributed by atoms with Crippen LogP contribution < -0.4 is 0 Å². The third kappa shape index (κ3) is 2.44. The average Bonchev–Trinajstić information content (AvgIpc) is 3.10. The molecule has 0 bridgehead atoms. The standard InChI is InChI=1S/C15H17N5O/c1-3-11-7-12(19(4-2)18-11)8-15(21)13-9-17-20-6-5-16-10-14(13)20/h5-7,9-10H,3-4,8H2,1-2H3. The number of nitrogens with zero attached hydrogens (tertiary/aromatic N) is 5. The number of ketones is 1. The van der Waals surface area contributed by atoms with E-state index in [9.17, 15) is 4.79 Å². The van der Waals surface area contributed by atoms with Crippen molar-refractivity contribution in [3.05, 3.63) is 47.8 Å². The van der Waals surface area contributed by atoms with Gasteiger partial charge in [-0.15, -0.1) is 0 Å². The van der Waals surface area contributed by atoms with Gasteiger partial charge < -0.3 is 0 Å². The van der Waals surface area contributed by atoms with Crippen molar-refractivity contribution in [1.29, 1.82) is 0 Å². The second kappa shape index (κ2) is 5.47. The van der Waals surface area contributed by atoms with Crippen LogP contribution in [-0.2, 0) is 19.4 Å². The van der Waals surface area contributed by atoms with E-state index in [1.165, 1.54) is 0 Å². The van der Waals surface area contributed by atoms with Gasteiger partial charge in [0.2, 0.25) is 0 Å². The molecule has 0 aliphatic heterocycles. The van der Waals surface area contributed by atoms with Crippen molar-refractivity contribution in [3.63, 3.8) is 0 Å². The van der Waals surface area contributed by atoms with Crippen molar-refractivity contribution in [2.75, 3.05) is 0 Å². The van der Waals surface area contributed by atoms with Crippen LogP contribution in [0.1, 0.15) is 35.6 Å². The Morgan fingerprint density at radius 1 is 1.29 bits per heavy atom. The van der Waals surface area contributed by atoms with Gasteiger partial charge in [0.25, 0.3) is 0 Å². The number of hydrogen-bond donors (Lipinski definition) is 0. The third-order valence-corrected chi connectivity index (χ3v) is 3.54. The fourth-order valence-corrected chi connectivity index (χ4v) is 2.41. The smallest absolute Gasteiger partial charge is 0.172 e. The quantitative estimate of drug-likeness (QED) is 0.671. The van der Waals surface area contributed by atoms with Gasteiger partial charge in [-0.3, -0.25) is 14.5 Å². The summed E-state index contributed by atoms with van der Waals surface area (Å²) in [5.41, 5.74) is 3.30. The number of rotatable bonds is 5. The summed E-state index contributed by atoms with van der Waals surface area (Å²) in [4.78, 5) is 16.6. The summed E-state index contributed by atoms with van der Waals surface area (Å²) in [5.74, 6) is 0.0373. The number of carbonyl (C=O) groups excluding carboxylic acids is 1. The number of carbonyl (C=O) groups is 1. The lowest BCUT2D eigenvalue weighted by Gasteiger charge is -2.03. The molecule has 0 radical (unpaired) electrons. The zero-order chi connectivity index (χ0) is 14.8. The summed E-state index contributed by atoms with van der Waals surface area (Å²) in [6.45, 7) is 4.85. The summed E-state index contributed by atoms with van der Waals surface area (Å²) in [7, 11) is 0. The highest BCUT2D eigenvalue weighted by Crippen LogP contribution is 2.14. The number of Topliss-reactive ketones (excluding diaryl/α,β-unsaturated/α-hetero) is 1. The maximum absolute atomic E-state index is 12.5. The highest BCUT2D eigenvalue weighted by Gasteiger charge is 2.16. The van der Waals surface area contributed by atoms with E-state index in [0.717, 1.165) is 29.9 Å². The van der Waals surface area contributed by atoms with Crippen LogP contribution in [0.15, 0.2) is 30.9 Å². The van der Waals surface area contributed by atoms with E-state index >= 15 is 0 Å². The summed E-state index contributed by atoms with van der Waals surface area (Å²) < 4.78 is 3.55. The van der Waals surface area contributed by atoms with Crippen LogP contribution in [0.2, 0.25) is 0 Å². The van der Waals surface area contributed by atoms with Crippen LogP contribution in [-0.4, -0.2) is 30.2 Å². The predicted octanol–water partition coefficient (Wildman–Crippen LogP) is 1.93. The number of hydrogen-bond acceptors (Lipinski definition) is 4. The topological polar surface area (TPSA) is 65.1 Å². The average molecular weight is 283 g/mol. The minimum atomic E-state index is 0.0373. The molecule has 3 rings (SSSR count). The Hall–Kier alpha value is -2.50. The second-order valence-corrected chi connectivity index (χ2v) is 4.86. The fraction of sp³-hybridized carbons (Fsp3) is 0.333. The van der Waals surface area contributed by atoms with Crippen LogP contribution in [0, 0.1) is 0 Å². The van der Waals surface area contributed by atoms with Crippen molar-refractivity contribution < 1.29 is 4.79 Å². The first-order valence-corrected chi connectivity index (χ1v) is 7.09. The summed E-state index contributed by atoms with van der Waals surface area (Å²) in [6.07, 6.45) is 7.85. The Kier molecular flexibility index (Phi) is 3.51. The van der Waals surface area contributed by atoms with Crippen LogP contribution in [0.5, 0.6) is 0 Å². The molecular weight excluding hydrogens is 266 g/mol. The molecule has 3 aromatic rings. The molecule has 6 heteroatoms. The van der Waals surface area contributed by atoms with Crippen molar-refractivity contribution in [2.45, 2.75) is 33.2 Å². The summed E-state index contributed by atoms with van der Waals surface area (Å²) in [6, 6.07) is 2.01. The lowest BCUT2D eigenvalue weighted by Crippen LogP contribution is -2.09. The SMILES string of the molecule is CCc1cc(CC(=O)c2cnn3ccncc23)n(CC)n1. The second-order valence-electron chi connectivity index (χ2n) is 4.86. The first kappa shape index (κ1) is 13.5. The largest absolute Gasteiger partial charge is 0.294 e. The molecule has 0 spiro atoms. The van der Waals surface area contributed by atoms with Gasteiger partial charge in [0.1, 0.15) is 0 Å². The van der Waals surface area contributed by atoms with E-state index in [1.807, 2.05) is 17.7 Å². The summed E-state index contributed by atoms with van der Waals surface area (Å²) in [5, 5.41) is 8.65. The number of aromatic nitrogens is 5. The van der Waals surface area contributed by atoms with Crippen molar-refractivity contribution in [2.24, 2.45) is 0 Å². The summed E-state index contributed by atoms with van der Waals surface area (Å²) >= 11 is 0. The van der Waals surface area contributed by atoms with Gasteiger partial charge in [-0.1, -0.05) is 6.92 Å². The first-order valence-electron chi connectivity index (χ1n) is 7.09. The van der Waals surface area contributed by atoms with Gasteiger partial charge in [0.05, 0.1) is 35.6 Å². The molecule has 108 valence electrons. The lowest BCUT2D eigenvalue weighted by molar-refractivity contribution is 0.0992. The van der Waals surface area contributed by atoms with E-state index in [0.29, 0.717) is 12.0 Å². The minimum absolute atomic E-state index is 0.0373. The number of aryl methyl sites for hydroxylation is 2. The molecule has 21 heavy (non-hydrogen) atoms. The molecule has 0 amide bonds. The Bertz CT molecular complexity index is 786. The predicted molar refractivity (Wildman–Crippen MR) is 78.3 cm³/mol. The minimum Gasteiger partial charge on any atom is -0.294 e. The van der Waals surface area contributed by atoms with E-state index in [2.05, 4.69) is 22.1 Å². The highest BCUT2D eigenvalue weighted by molar-refractivity contribution is 6.02. The highest BCUT2D eigenvalue weighted by atomic mass is 16.1. The van der Waals surface area contributed by atoms with Crippen molar-refractivity contribution >= 4 is 11.3 Å². The van der Waals surface area contributed by atoms with Crippen LogP contribution >= 0.6 is 0 Å². The Morgan fingerprint density at radius 3 is 2.90 bits per heavy atom. The molecule has 0 aliphatic rings. The maximum Gasteiger partial charge on any atom is 0.172 e.